The first-order valence-corrected chi connectivity index (χ1v) is 5.56. The van der Waals surface area contributed by atoms with Gasteiger partial charge >= 0.3 is 0 Å². The lowest BCUT2D eigenvalue weighted by molar-refractivity contribution is -0.130. The monoisotopic (exact) mass is 207 g/mol. The third-order valence-corrected chi connectivity index (χ3v) is 3.00. The van der Waals surface area contributed by atoms with Gasteiger partial charge < -0.3 is 9.47 Å². The summed E-state index contributed by atoms with van der Waals surface area (Å²) in [6, 6.07) is 0.328. The van der Waals surface area contributed by atoms with Gasteiger partial charge in [0.1, 0.15) is 0 Å². The fourth-order valence-electron chi connectivity index (χ4n) is 2.14. The maximum atomic E-state index is 11.6. The van der Waals surface area contributed by atoms with Crippen LogP contribution in [-0.2, 0) is 11.3 Å². The molecule has 0 aliphatic carbocycles. The Kier molecular flexibility index (Phi) is 3.04. The Morgan fingerprint density at radius 1 is 1.60 bits per heavy atom. The van der Waals surface area contributed by atoms with E-state index in [4.69, 9.17) is 0 Å². The van der Waals surface area contributed by atoms with Crippen molar-refractivity contribution in [2.24, 2.45) is 0 Å². The minimum Gasteiger partial charge on any atom is -0.338 e. The maximum absolute atomic E-state index is 11.6. The number of rotatable bonds is 4. The summed E-state index contributed by atoms with van der Waals surface area (Å²) in [7, 11) is 0. The molecule has 1 aliphatic heterocycles. The van der Waals surface area contributed by atoms with Gasteiger partial charge in [-0.1, -0.05) is 6.92 Å². The molecule has 0 spiro atoms. The van der Waals surface area contributed by atoms with Crippen molar-refractivity contribution >= 4 is 5.91 Å². The number of imidazole rings is 1. The smallest absolute Gasteiger partial charge is 0.222 e. The quantitative estimate of drug-likeness (QED) is 0.746. The van der Waals surface area contributed by atoms with Gasteiger partial charge in [-0.25, -0.2) is 4.98 Å². The number of carbonyl (C=O) groups excluding carboxylic acids is 1. The summed E-state index contributed by atoms with van der Waals surface area (Å²) >= 11 is 0. The van der Waals surface area contributed by atoms with Crippen molar-refractivity contribution in [3.8, 4) is 0 Å². The number of carbonyl (C=O) groups is 1. The molecule has 0 N–H and O–H groups in total. The summed E-state index contributed by atoms with van der Waals surface area (Å²) in [6.07, 6.45) is 8.27. The van der Waals surface area contributed by atoms with Gasteiger partial charge in [0.15, 0.2) is 0 Å². The Bertz CT molecular complexity index is 321. The van der Waals surface area contributed by atoms with Crippen LogP contribution in [0.5, 0.6) is 0 Å². The summed E-state index contributed by atoms with van der Waals surface area (Å²) in [6.45, 7) is 3.92. The van der Waals surface area contributed by atoms with Crippen LogP contribution in [0.4, 0.5) is 0 Å². The fourth-order valence-corrected chi connectivity index (χ4v) is 2.14. The largest absolute Gasteiger partial charge is 0.338 e. The highest BCUT2D eigenvalue weighted by Crippen LogP contribution is 2.16. The van der Waals surface area contributed by atoms with Crippen molar-refractivity contribution in [1.29, 1.82) is 0 Å². The normalized spacial score (nSPS) is 18.5. The zero-order chi connectivity index (χ0) is 10.7. The highest BCUT2D eigenvalue weighted by Gasteiger charge is 2.26. The first kappa shape index (κ1) is 10.2. The molecule has 0 radical (unpaired) electrons. The van der Waals surface area contributed by atoms with E-state index in [9.17, 15) is 4.79 Å². The predicted octanol–water partition coefficient (Wildman–Crippen LogP) is 1.28. The van der Waals surface area contributed by atoms with Crippen LogP contribution in [0.1, 0.15) is 26.2 Å². The lowest BCUT2D eigenvalue weighted by Crippen LogP contribution is -2.38. The molecule has 1 aromatic heterocycles. The summed E-state index contributed by atoms with van der Waals surface area (Å²) in [5.41, 5.74) is 0. The van der Waals surface area contributed by atoms with Gasteiger partial charge in [-0.05, 0) is 12.8 Å². The maximum Gasteiger partial charge on any atom is 0.222 e. The molecule has 1 atom stereocenters. The highest BCUT2D eigenvalue weighted by molar-refractivity contribution is 5.78. The molecule has 1 aromatic rings. The Morgan fingerprint density at radius 3 is 3.00 bits per heavy atom. The molecule has 4 nitrogen and oxygen atoms in total. The lowest BCUT2D eigenvalue weighted by Gasteiger charge is -2.27. The number of likely N-dealkylation sites (tertiary alicyclic amines) is 1. The Morgan fingerprint density at radius 2 is 2.47 bits per heavy atom. The van der Waals surface area contributed by atoms with E-state index in [0.717, 1.165) is 32.4 Å². The van der Waals surface area contributed by atoms with Gasteiger partial charge in [-0.2, -0.15) is 0 Å². The average molecular weight is 207 g/mol. The standard InChI is InChI=1S/C11H17N3O/c1-2-10(8-13-7-5-12-9-13)14-6-3-4-11(14)15/h5,7,9-10H,2-4,6,8H2,1H3. The van der Waals surface area contributed by atoms with Crippen LogP contribution in [0.2, 0.25) is 0 Å². The zero-order valence-corrected chi connectivity index (χ0v) is 9.09. The molecule has 1 unspecified atom stereocenters. The molecule has 2 rings (SSSR count). The number of hydrogen-bond donors (Lipinski definition) is 0. The third-order valence-electron chi connectivity index (χ3n) is 3.00. The first-order valence-electron chi connectivity index (χ1n) is 5.56. The van der Waals surface area contributed by atoms with Gasteiger partial charge in [0.05, 0.1) is 6.33 Å². The Hall–Kier alpha value is -1.32. The van der Waals surface area contributed by atoms with Crippen LogP contribution < -0.4 is 0 Å². The number of nitrogens with zero attached hydrogens (tertiary/aromatic N) is 3. The van der Waals surface area contributed by atoms with Gasteiger partial charge in [-0.3, -0.25) is 4.79 Å². The zero-order valence-electron chi connectivity index (χ0n) is 9.09. The predicted molar refractivity (Wildman–Crippen MR) is 57.3 cm³/mol. The number of hydrogen-bond acceptors (Lipinski definition) is 2. The van der Waals surface area contributed by atoms with E-state index in [-0.39, 0.29) is 0 Å². The molecule has 1 amide bonds. The molecule has 0 saturated carbocycles. The van der Waals surface area contributed by atoms with Gasteiger partial charge in [-0.15, -0.1) is 0 Å². The molecule has 15 heavy (non-hydrogen) atoms. The SMILES string of the molecule is CCC(Cn1ccnc1)N1CCCC1=O. The molecule has 1 aliphatic rings. The van der Waals surface area contributed by atoms with Crippen molar-refractivity contribution in [3.63, 3.8) is 0 Å². The van der Waals surface area contributed by atoms with Crippen LogP contribution >= 0.6 is 0 Å². The van der Waals surface area contributed by atoms with Crippen LogP contribution in [0, 0.1) is 0 Å². The third kappa shape index (κ3) is 2.19. The Labute approximate surface area is 89.9 Å². The molecule has 0 bridgehead atoms. The van der Waals surface area contributed by atoms with Crippen LogP contribution in [0.25, 0.3) is 0 Å². The van der Waals surface area contributed by atoms with E-state index in [1.807, 2.05) is 22.0 Å². The van der Waals surface area contributed by atoms with Crippen molar-refractivity contribution < 1.29 is 4.79 Å². The van der Waals surface area contributed by atoms with Crippen LogP contribution in [-0.4, -0.2) is 32.9 Å². The summed E-state index contributed by atoms with van der Waals surface area (Å²) in [5, 5.41) is 0. The van der Waals surface area contributed by atoms with Crippen molar-refractivity contribution in [1.82, 2.24) is 14.5 Å². The molecule has 1 saturated heterocycles. The second-order valence-corrected chi connectivity index (χ2v) is 4.01. The molecule has 4 heteroatoms. The van der Waals surface area contributed by atoms with Crippen LogP contribution in [0.15, 0.2) is 18.7 Å². The first-order chi connectivity index (χ1) is 7.31. The van der Waals surface area contributed by atoms with Gasteiger partial charge in [0, 0.05) is 37.9 Å². The summed E-state index contributed by atoms with van der Waals surface area (Å²) < 4.78 is 2.04. The van der Waals surface area contributed by atoms with E-state index in [1.165, 1.54) is 0 Å². The number of amides is 1. The van der Waals surface area contributed by atoms with E-state index < -0.39 is 0 Å². The van der Waals surface area contributed by atoms with Gasteiger partial charge in [0.25, 0.3) is 0 Å². The van der Waals surface area contributed by atoms with Crippen molar-refractivity contribution in [2.75, 3.05) is 6.54 Å². The van der Waals surface area contributed by atoms with E-state index in [0.29, 0.717) is 11.9 Å². The summed E-state index contributed by atoms with van der Waals surface area (Å²) in [4.78, 5) is 17.6. The van der Waals surface area contributed by atoms with E-state index in [2.05, 4.69) is 11.9 Å². The molecule has 2 heterocycles. The van der Waals surface area contributed by atoms with E-state index >= 15 is 0 Å². The number of aromatic nitrogens is 2. The molecule has 82 valence electrons. The molecular weight excluding hydrogens is 190 g/mol. The summed E-state index contributed by atoms with van der Waals surface area (Å²) in [5.74, 6) is 0.307. The Balaban J connectivity index is 2.01. The minimum absolute atomic E-state index is 0.307. The topological polar surface area (TPSA) is 38.1 Å². The average Bonchev–Trinajstić information content (AvgIpc) is 2.85. The second-order valence-electron chi connectivity index (χ2n) is 4.01. The molecule has 0 aromatic carbocycles. The van der Waals surface area contributed by atoms with Crippen molar-refractivity contribution in [3.05, 3.63) is 18.7 Å². The van der Waals surface area contributed by atoms with Crippen molar-refractivity contribution in [2.45, 2.75) is 38.8 Å². The fraction of sp³-hybridized carbons (Fsp3) is 0.636. The van der Waals surface area contributed by atoms with E-state index in [1.54, 1.807) is 6.20 Å². The molecular formula is C11H17N3O. The minimum atomic E-state index is 0.307. The lowest BCUT2D eigenvalue weighted by atomic mass is 10.2. The van der Waals surface area contributed by atoms with Crippen LogP contribution in [0.3, 0.4) is 0 Å². The van der Waals surface area contributed by atoms with Gasteiger partial charge in [0.2, 0.25) is 5.91 Å². The molecule has 1 fully saturated rings. The highest BCUT2D eigenvalue weighted by atomic mass is 16.2. The second kappa shape index (κ2) is 4.47.